The molecule has 0 aliphatic carbocycles. The summed E-state index contributed by atoms with van der Waals surface area (Å²) in [5, 5.41) is 29.1. The number of phenols is 1. The molecule has 0 saturated heterocycles. The van der Waals surface area contributed by atoms with Crippen LogP contribution in [0.25, 0.3) is 10.8 Å². The largest absolute Gasteiger partial charge is 0.507 e. The van der Waals surface area contributed by atoms with Crippen molar-refractivity contribution >= 4 is 10.8 Å². The first kappa shape index (κ1) is 8.99. The number of aromatic hydroxyl groups is 1. The van der Waals surface area contributed by atoms with Crippen molar-refractivity contribution in [3.8, 4) is 5.75 Å². The highest BCUT2D eigenvalue weighted by Crippen LogP contribution is 2.28. The molecule has 0 amide bonds. The van der Waals surface area contributed by atoms with Gasteiger partial charge in [-0.3, -0.25) is 0 Å². The van der Waals surface area contributed by atoms with Crippen LogP contribution in [0.4, 0.5) is 0 Å². The van der Waals surface area contributed by atoms with E-state index in [1.165, 1.54) is 6.07 Å². The predicted molar refractivity (Wildman–Crippen MR) is 52.8 cm³/mol. The van der Waals surface area contributed by atoms with Crippen LogP contribution in [-0.4, -0.2) is 15.3 Å². The van der Waals surface area contributed by atoms with Gasteiger partial charge >= 0.3 is 0 Å². The Morgan fingerprint density at radius 1 is 0.929 bits per heavy atom. The van der Waals surface area contributed by atoms with Crippen molar-refractivity contribution in [1.29, 1.82) is 0 Å². The summed E-state index contributed by atoms with van der Waals surface area (Å²) in [6.45, 7) is 0. The number of fused-ring (bicyclic) bond motifs is 1. The lowest BCUT2D eigenvalue weighted by Gasteiger charge is -2.08. The third kappa shape index (κ3) is 1.43. The Morgan fingerprint density at radius 2 is 1.50 bits per heavy atom. The number of phenolic OH excluding ortho intramolecular Hbond substituents is 1. The number of hydrogen-bond donors (Lipinski definition) is 3. The van der Waals surface area contributed by atoms with E-state index in [1.54, 1.807) is 6.07 Å². The predicted octanol–water partition coefficient (Wildman–Crippen LogP) is 1.53. The molecule has 0 atom stereocenters. The van der Waals surface area contributed by atoms with Gasteiger partial charge in [-0.15, -0.1) is 0 Å². The minimum absolute atomic E-state index is 0.0984. The maximum absolute atomic E-state index is 9.46. The van der Waals surface area contributed by atoms with Gasteiger partial charge < -0.3 is 15.3 Å². The Balaban J connectivity index is 2.71. The van der Waals surface area contributed by atoms with E-state index in [1.807, 2.05) is 24.3 Å². The van der Waals surface area contributed by atoms with Gasteiger partial charge in [-0.1, -0.05) is 24.3 Å². The molecule has 72 valence electrons. The Labute approximate surface area is 80.9 Å². The van der Waals surface area contributed by atoms with Crippen molar-refractivity contribution in [1.82, 2.24) is 0 Å². The van der Waals surface area contributed by atoms with Gasteiger partial charge in [0.2, 0.25) is 0 Å². The van der Waals surface area contributed by atoms with Gasteiger partial charge in [0.25, 0.3) is 0 Å². The summed E-state index contributed by atoms with van der Waals surface area (Å²) in [5.74, 6) is -0.0984. The second-order valence-corrected chi connectivity index (χ2v) is 3.13. The number of rotatable bonds is 1. The topological polar surface area (TPSA) is 60.7 Å². The van der Waals surface area contributed by atoms with Crippen LogP contribution in [0.1, 0.15) is 11.9 Å². The Kier molecular flexibility index (Phi) is 2.11. The van der Waals surface area contributed by atoms with E-state index in [0.717, 1.165) is 10.8 Å². The van der Waals surface area contributed by atoms with Crippen molar-refractivity contribution < 1.29 is 15.3 Å². The van der Waals surface area contributed by atoms with Crippen LogP contribution >= 0.6 is 0 Å². The summed E-state index contributed by atoms with van der Waals surface area (Å²) in [6, 6.07) is 10.5. The lowest BCUT2D eigenvalue weighted by atomic mass is 10.1. The quantitative estimate of drug-likeness (QED) is 0.597. The Morgan fingerprint density at radius 3 is 2.07 bits per heavy atom. The summed E-state index contributed by atoms with van der Waals surface area (Å²) in [4.78, 5) is 0. The molecule has 0 aromatic heterocycles. The number of aliphatic hydroxyl groups is 2. The lowest BCUT2D eigenvalue weighted by Crippen LogP contribution is -1.95. The average molecular weight is 190 g/mol. The van der Waals surface area contributed by atoms with Crippen molar-refractivity contribution in [3.05, 3.63) is 42.0 Å². The molecule has 3 N–H and O–H groups in total. The van der Waals surface area contributed by atoms with Crippen LogP contribution in [0.15, 0.2) is 36.4 Å². The van der Waals surface area contributed by atoms with E-state index in [-0.39, 0.29) is 11.3 Å². The highest BCUT2D eigenvalue weighted by molar-refractivity contribution is 5.84. The van der Waals surface area contributed by atoms with Crippen molar-refractivity contribution in [2.45, 2.75) is 6.29 Å². The smallest absolute Gasteiger partial charge is 0.182 e. The number of hydrogen-bond acceptors (Lipinski definition) is 3. The summed E-state index contributed by atoms with van der Waals surface area (Å²) in [6.07, 6.45) is -1.64. The third-order valence-electron chi connectivity index (χ3n) is 2.17. The molecule has 0 spiro atoms. The second kappa shape index (κ2) is 3.29. The van der Waals surface area contributed by atoms with E-state index in [4.69, 9.17) is 10.2 Å². The highest BCUT2D eigenvalue weighted by Gasteiger charge is 2.09. The van der Waals surface area contributed by atoms with Gasteiger partial charge in [0.05, 0.1) is 0 Å². The van der Waals surface area contributed by atoms with E-state index in [2.05, 4.69) is 0 Å². The first-order chi connectivity index (χ1) is 6.68. The maximum Gasteiger partial charge on any atom is 0.182 e. The molecule has 0 heterocycles. The van der Waals surface area contributed by atoms with Gasteiger partial charge in [0.1, 0.15) is 5.75 Å². The first-order valence-electron chi connectivity index (χ1n) is 4.26. The van der Waals surface area contributed by atoms with Crippen LogP contribution in [0.2, 0.25) is 0 Å². The fourth-order valence-electron chi connectivity index (χ4n) is 1.45. The van der Waals surface area contributed by atoms with Gasteiger partial charge in [-0.05, 0) is 22.9 Å². The molecular formula is C11H10O3. The molecule has 2 aromatic carbocycles. The molecular weight excluding hydrogens is 180 g/mol. The zero-order chi connectivity index (χ0) is 10.1. The third-order valence-corrected chi connectivity index (χ3v) is 2.17. The monoisotopic (exact) mass is 190 g/mol. The zero-order valence-corrected chi connectivity index (χ0v) is 7.38. The Bertz CT molecular complexity index is 463. The molecule has 0 unspecified atom stereocenters. The molecule has 3 nitrogen and oxygen atoms in total. The molecule has 0 bridgehead atoms. The molecule has 14 heavy (non-hydrogen) atoms. The average Bonchev–Trinajstić information content (AvgIpc) is 2.16. The van der Waals surface area contributed by atoms with Crippen LogP contribution in [0.3, 0.4) is 0 Å². The molecule has 2 rings (SSSR count). The second-order valence-electron chi connectivity index (χ2n) is 3.13. The first-order valence-corrected chi connectivity index (χ1v) is 4.26. The summed E-state index contributed by atoms with van der Waals surface area (Å²) < 4.78 is 0. The molecule has 0 aliphatic heterocycles. The van der Waals surface area contributed by atoms with Gasteiger partial charge in [0.15, 0.2) is 6.29 Å². The lowest BCUT2D eigenvalue weighted by molar-refractivity contribution is -0.0437. The number of aliphatic hydroxyl groups excluding tert-OH is 1. The van der Waals surface area contributed by atoms with Gasteiger partial charge in [-0.2, -0.15) is 0 Å². The molecule has 0 fully saturated rings. The summed E-state index contributed by atoms with van der Waals surface area (Å²) in [7, 11) is 0. The molecule has 2 aromatic rings. The van der Waals surface area contributed by atoms with Crippen LogP contribution < -0.4 is 0 Å². The fraction of sp³-hybridized carbons (Fsp3) is 0.0909. The normalized spacial score (nSPS) is 11.1. The maximum atomic E-state index is 9.46. The summed E-state index contributed by atoms with van der Waals surface area (Å²) >= 11 is 0. The number of benzene rings is 2. The molecule has 0 radical (unpaired) electrons. The van der Waals surface area contributed by atoms with Crippen molar-refractivity contribution in [3.63, 3.8) is 0 Å². The minimum atomic E-state index is -1.64. The van der Waals surface area contributed by atoms with E-state index in [9.17, 15) is 5.11 Å². The standard InChI is InChI=1S/C11H10O3/c12-10-6-8-4-2-1-3-7(8)5-9(10)11(13)14/h1-6,11-14H. The van der Waals surface area contributed by atoms with E-state index in [0.29, 0.717) is 0 Å². The minimum Gasteiger partial charge on any atom is -0.507 e. The molecule has 0 aliphatic rings. The van der Waals surface area contributed by atoms with E-state index >= 15 is 0 Å². The fourth-order valence-corrected chi connectivity index (χ4v) is 1.45. The molecule has 0 saturated carbocycles. The van der Waals surface area contributed by atoms with Crippen LogP contribution in [0.5, 0.6) is 5.75 Å². The summed E-state index contributed by atoms with van der Waals surface area (Å²) in [5.41, 5.74) is 0.128. The van der Waals surface area contributed by atoms with Gasteiger partial charge in [-0.25, -0.2) is 0 Å². The molecule has 3 heteroatoms. The van der Waals surface area contributed by atoms with Crippen molar-refractivity contribution in [2.24, 2.45) is 0 Å². The van der Waals surface area contributed by atoms with Crippen LogP contribution in [-0.2, 0) is 0 Å². The van der Waals surface area contributed by atoms with Crippen LogP contribution in [0, 0.1) is 0 Å². The van der Waals surface area contributed by atoms with Gasteiger partial charge in [0, 0.05) is 5.56 Å². The zero-order valence-electron chi connectivity index (χ0n) is 7.38. The van der Waals surface area contributed by atoms with E-state index < -0.39 is 6.29 Å². The Hall–Kier alpha value is -1.58. The highest BCUT2D eigenvalue weighted by atomic mass is 16.5. The van der Waals surface area contributed by atoms with Crippen molar-refractivity contribution in [2.75, 3.05) is 0 Å². The SMILES string of the molecule is Oc1cc2ccccc2cc1C(O)O.